The predicted octanol–water partition coefficient (Wildman–Crippen LogP) is 6.12. The molecule has 1 aliphatic heterocycles. The maximum Gasteiger partial charge on any atom is 0.0991 e. The first-order valence-electron chi connectivity index (χ1n) is 10.3. The van der Waals surface area contributed by atoms with Gasteiger partial charge in [-0.2, -0.15) is 5.26 Å². The van der Waals surface area contributed by atoms with Crippen molar-refractivity contribution in [3.63, 3.8) is 0 Å². The van der Waals surface area contributed by atoms with Crippen LogP contribution in [0.1, 0.15) is 28.8 Å². The molecule has 0 saturated carbocycles. The third-order valence-electron chi connectivity index (χ3n) is 5.79. The van der Waals surface area contributed by atoms with Gasteiger partial charge in [-0.1, -0.05) is 59.1 Å². The van der Waals surface area contributed by atoms with Crippen molar-refractivity contribution < 1.29 is 5.11 Å². The summed E-state index contributed by atoms with van der Waals surface area (Å²) in [6, 6.07) is 22.6. The van der Waals surface area contributed by atoms with E-state index < -0.39 is 6.10 Å². The van der Waals surface area contributed by atoms with E-state index in [2.05, 4.69) is 15.9 Å². The van der Waals surface area contributed by atoms with E-state index in [1.807, 2.05) is 48.5 Å². The van der Waals surface area contributed by atoms with Gasteiger partial charge in [0.25, 0.3) is 0 Å². The summed E-state index contributed by atoms with van der Waals surface area (Å²) in [6.45, 7) is 2.73. The summed E-state index contributed by atoms with van der Waals surface area (Å²) in [5.41, 5.74) is 3.44. The zero-order valence-corrected chi connectivity index (χ0v) is 19.5. The maximum atomic E-state index is 10.8. The molecular weight excluding hydrogens is 465 g/mol. The second-order valence-corrected chi connectivity index (χ2v) is 9.15. The highest BCUT2D eigenvalue weighted by Gasteiger charge is 2.30. The van der Waals surface area contributed by atoms with Crippen LogP contribution in [0.2, 0.25) is 15.1 Å². The van der Waals surface area contributed by atoms with Crippen molar-refractivity contribution in [2.45, 2.75) is 12.1 Å². The van der Waals surface area contributed by atoms with Crippen molar-refractivity contribution in [2.24, 2.45) is 0 Å². The molecule has 0 aromatic heterocycles. The fourth-order valence-electron chi connectivity index (χ4n) is 4.11. The van der Waals surface area contributed by atoms with Crippen LogP contribution in [0.15, 0.2) is 66.7 Å². The third-order valence-corrected chi connectivity index (χ3v) is 6.58. The number of aliphatic hydroxyl groups excluding tert-OH is 1. The average Bonchev–Trinajstić information content (AvgIpc) is 2.80. The number of nitriles is 1. The molecule has 0 unspecified atom stereocenters. The van der Waals surface area contributed by atoms with E-state index >= 15 is 0 Å². The van der Waals surface area contributed by atoms with Crippen LogP contribution in [0.4, 0.5) is 5.69 Å². The van der Waals surface area contributed by atoms with Crippen LogP contribution in [0.5, 0.6) is 0 Å². The van der Waals surface area contributed by atoms with Gasteiger partial charge in [-0.05, 0) is 53.6 Å². The number of halogens is 3. The largest absolute Gasteiger partial charge is 0.387 e. The lowest BCUT2D eigenvalue weighted by molar-refractivity contribution is 0.100. The Morgan fingerprint density at radius 2 is 1.62 bits per heavy atom. The molecule has 3 aromatic carbocycles. The normalized spacial score (nSPS) is 17.7. The molecular formula is C25H22Cl3N3O. The Bertz CT molecular complexity index is 1110. The number of benzene rings is 3. The van der Waals surface area contributed by atoms with Crippen molar-refractivity contribution in [2.75, 3.05) is 31.1 Å². The topological polar surface area (TPSA) is 50.5 Å². The molecule has 0 aliphatic carbocycles. The van der Waals surface area contributed by atoms with Gasteiger partial charge in [0.1, 0.15) is 0 Å². The minimum atomic E-state index is -0.640. The number of hydrogen-bond acceptors (Lipinski definition) is 4. The highest BCUT2D eigenvalue weighted by Crippen LogP contribution is 2.37. The first-order valence-corrected chi connectivity index (χ1v) is 11.5. The van der Waals surface area contributed by atoms with Crippen molar-refractivity contribution in [1.29, 1.82) is 5.26 Å². The summed E-state index contributed by atoms with van der Waals surface area (Å²) in [5.74, 6) is 0. The number of piperazine rings is 1. The molecule has 4 nitrogen and oxygen atoms in total. The predicted molar refractivity (Wildman–Crippen MR) is 131 cm³/mol. The SMILES string of the molecule is N#Cc1ccc([C@@H](O)CN2CCN(c3ccc(Cl)cc3Cl)[C@H](c3ccc(Cl)cc3)C2)cc1. The summed E-state index contributed by atoms with van der Waals surface area (Å²) in [4.78, 5) is 4.54. The van der Waals surface area contributed by atoms with Crippen LogP contribution in [0.3, 0.4) is 0 Å². The van der Waals surface area contributed by atoms with Crippen LogP contribution in [-0.2, 0) is 0 Å². The maximum absolute atomic E-state index is 10.8. The monoisotopic (exact) mass is 485 g/mol. The van der Waals surface area contributed by atoms with Crippen LogP contribution in [-0.4, -0.2) is 36.2 Å². The smallest absolute Gasteiger partial charge is 0.0991 e. The molecule has 7 heteroatoms. The van der Waals surface area contributed by atoms with Gasteiger partial charge in [0.2, 0.25) is 0 Å². The second-order valence-electron chi connectivity index (χ2n) is 7.87. The van der Waals surface area contributed by atoms with Crippen molar-refractivity contribution in [3.05, 3.63) is 98.5 Å². The summed E-state index contributed by atoms with van der Waals surface area (Å²) < 4.78 is 0. The van der Waals surface area contributed by atoms with Crippen LogP contribution < -0.4 is 4.90 Å². The molecule has 1 saturated heterocycles. The van der Waals surface area contributed by atoms with Gasteiger partial charge in [-0.25, -0.2) is 0 Å². The van der Waals surface area contributed by atoms with E-state index in [1.54, 1.807) is 18.2 Å². The van der Waals surface area contributed by atoms with Gasteiger partial charge in [0.05, 0.1) is 34.5 Å². The Kier molecular flexibility index (Phi) is 7.25. The lowest BCUT2D eigenvalue weighted by Crippen LogP contribution is -2.49. The van der Waals surface area contributed by atoms with E-state index in [4.69, 9.17) is 40.1 Å². The molecule has 0 spiro atoms. The summed E-state index contributed by atoms with van der Waals surface area (Å²) in [6.07, 6.45) is -0.640. The quantitative estimate of drug-likeness (QED) is 0.472. The fourth-order valence-corrected chi connectivity index (χ4v) is 4.75. The number of hydrogen-bond donors (Lipinski definition) is 1. The molecule has 0 radical (unpaired) electrons. The van der Waals surface area contributed by atoms with Gasteiger partial charge in [-0.15, -0.1) is 0 Å². The number of anilines is 1. The van der Waals surface area contributed by atoms with Gasteiger partial charge < -0.3 is 10.0 Å². The van der Waals surface area contributed by atoms with Crippen molar-refractivity contribution >= 4 is 40.5 Å². The Hall–Kier alpha value is -2.26. The minimum Gasteiger partial charge on any atom is -0.387 e. The Morgan fingerprint density at radius 1 is 0.938 bits per heavy atom. The molecule has 3 aromatic rings. The number of nitrogens with zero attached hydrogens (tertiary/aromatic N) is 3. The molecule has 1 heterocycles. The zero-order chi connectivity index (χ0) is 22.7. The average molecular weight is 487 g/mol. The molecule has 1 fully saturated rings. The summed E-state index contributed by atoms with van der Waals surface area (Å²) in [5, 5.41) is 21.7. The molecule has 4 rings (SSSR count). The molecule has 32 heavy (non-hydrogen) atoms. The van der Waals surface area contributed by atoms with Crippen LogP contribution >= 0.6 is 34.8 Å². The highest BCUT2D eigenvalue weighted by atomic mass is 35.5. The lowest BCUT2D eigenvalue weighted by Gasteiger charge is -2.44. The first kappa shape index (κ1) is 22.9. The Morgan fingerprint density at radius 3 is 2.28 bits per heavy atom. The summed E-state index contributed by atoms with van der Waals surface area (Å²) in [7, 11) is 0. The van der Waals surface area contributed by atoms with Crippen molar-refractivity contribution in [1.82, 2.24) is 4.90 Å². The van der Waals surface area contributed by atoms with Gasteiger partial charge in [-0.3, -0.25) is 4.90 Å². The number of aliphatic hydroxyl groups is 1. The zero-order valence-electron chi connectivity index (χ0n) is 17.3. The number of rotatable bonds is 5. The van der Waals surface area contributed by atoms with Crippen molar-refractivity contribution in [3.8, 4) is 6.07 Å². The first-order chi connectivity index (χ1) is 15.4. The van der Waals surface area contributed by atoms with E-state index in [9.17, 15) is 5.11 Å². The molecule has 0 bridgehead atoms. The van der Waals surface area contributed by atoms with Gasteiger partial charge in [0.15, 0.2) is 0 Å². The fraction of sp³-hybridized carbons (Fsp3) is 0.240. The molecule has 164 valence electrons. The standard InChI is InChI=1S/C25H22Cl3N3O/c26-20-7-5-18(6-8-20)24-15-30(16-25(32)19-3-1-17(14-29)2-4-19)11-12-31(24)23-10-9-21(27)13-22(23)28/h1-10,13,24-25,32H,11-12,15-16H2/t24-,25-/m0/s1. The van der Waals surface area contributed by atoms with Crippen LogP contribution in [0.25, 0.3) is 0 Å². The molecule has 1 N–H and O–H groups in total. The van der Waals surface area contributed by atoms with E-state index in [1.165, 1.54) is 0 Å². The Balaban J connectivity index is 1.56. The molecule has 2 atom stereocenters. The molecule has 1 aliphatic rings. The van der Waals surface area contributed by atoms with Gasteiger partial charge >= 0.3 is 0 Å². The second kappa shape index (κ2) is 10.1. The molecule has 0 amide bonds. The highest BCUT2D eigenvalue weighted by molar-refractivity contribution is 6.36. The van der Waals surface area contributed by atoms with Gasteiger partial charge in [0, 0.05) is 36.2 Å². The van der Waals surface area contributed by atoms with E-state index in [0.717, 1.165) is 29.9 Å². The minimum absolute atomic E-state index is 0.0351. The van der Waals surface area contributed by atoms with E-state index in [-0.39, 0.29) is 6.04 Å². The Labute approximate surface area is 203 Å². The third kappa shape index (κ3) is 5.20. The lowest BCUT2D eigenvalue weighted by atomic mass is 10.00. The number of β-amino-alcohol motifs (C(OH)–C–C–N with tert-alkyl or cyclic N) is 1. The summed E-state index contributed by atoms with van der Waals surface area (Å²) >= 11 is 18.8. The van der Waals surface area contributed by atoms with E-state index in [0.29, 0.717) is 33.7 Å². The van der Waals surface area contributed by atoms with Crippen LogP contribution in [0, 0.1) is 11.3 Å².